The van der Waals surface area contributed by atoms with Crippen molar-refractivity contribution in [3.63, 3.8) is 0 Å². The Balaban J connectivity index is 1.67. The van der Waals surface area contributed by atoms with Gasteiger partial charge in [-0.15, -0.1) is 0 Å². The highest BCUT2D eigenvalue weighted by Gasteiger charge is 2.15. The van der Waals surface area contributed by atoms with Gasteiger partial charge in [-0.05, 0) is 5.56 Å². The van der Waals surface area contributed by atoms with Gasteiger partial charge in [0.15, 0.2) is 5.13 Å². The molecule has 0 spiro atoms. The highest BCUT2D eigenvalue weighted by molar-refractivity contribution is 7.15. The van der Waals surface area contributed by atoms with Gasteiger partial charge in [-0.3, -0.25) is 0 Å². The Morgan fingerprint density at radius 3 is 3.00 bits per heavy atom. The van der Waals surface area contributed by atoms with Gasteiger partial charge in [-0.25, -0.2) is 4.98 Å². The van der Waals surface area contributed by atoms with Gasteiger partial charge in [0.1, 0.15) is 0 Å². The maximum Gasteiger partial charge on any atom is 0.183 e. The van der Waals surface area contributed by atoms with Gasteiger partial charge in [0.2, 0.25) is 0 Å². The largest absolute Gasteiger partial charge is 0.375 e. The molecule has 0 fully saturated rings. The fraction of sp³-hybridized carbons (Fsp3) is 0.308. The molecule has 1 aliphatic heterocycles. The molecule has 4 heteroatoms. The SMILES string of the molecule is c1ccc(CNc2nc3c(s2)COCC3)cc1. The third kappa shape index (κ3) is 2.48. The van der Waals surface area contributed by atoms with Crippen LogP contribution in [-0.4, -0.2) is 11.6 Å². The van der Waals surface area contributed by atoms with E-state index < -0.39 is 0 Å². The Morgan fingerprint density at radius 2 is 2.18 bits per heavy atom. The molecule has 0 unspecified atom stereocenters. The van der Waals surface area contributed by atoms with Crippen molar-refractivity contribution >= 4 is 16.5 Å². The van der Waals surface area contributed by atoms with E-state index in [1.165, 1.54) is 16.1 Å². The summed E-state index contributed by atoms with van der Waals surface area (Å²) >= 11 is 1.71. The van der Waals surface area contributed by atoms with E-state index in [4.69, 9.17) is 4.74 Å². The summed E-state index contributed by atoms with van der Waals surface area (Å²) in [6.07, 6.45) is 0.943. The normalized spacial score (nSPS) is 14.4. The Bertz CT molecular complexity index is 472. The monoisotopic (exact) mass is 246 g/mol. The summed E-state index contributed by atoms with van der Waals surface area (Å²) in [5.41, 5.74) is 2.48. The number of benzene rings is 1. The molecule has 0 saturated heterocycles. The molecule has 0 atom stereocenters. The van der Waals surface area contributed by atoms with E-state index in [1.807, 2.05) is 6.07 Å². The number of hydrogen-bond acceptors (Lipinski definition) is 4. The number of aromatic nitrogens is 1. The number of nitrogens with zero attached hydrogens (tertiary/aromatic N) is 1. The lowest BCUT2D eigenvalue weighted by Crippen LogP contribution is -2.07. The van der Waals surface area contributed by atoms with Crippen LogP contribution >= 0.6 is 11.3 Å². The van der Waals surface area contributed by atoms with E-state index in [-0.39, 0.29) is 0 Å². The molecule has 1 aliphatic rings. The predicted octanol–water partition coefficient (Wildman–Crippen LogP) is 2.83. The van der Waals surface area contributed by atoms with Crippen LogP contribution in [0.25, 0.3) is 0 Å². The molecule has 1 N–H and O–H groups in total. The first-order valence-corrected chi connectivity index (χ1v) is 6.57. The van der Waals surface area contributed by atoms with Gasteiger partial charge in [0.05, 0.1) is 23.8 Å². The molecule has 2 heterocycles. The number of nitrogens with one attached hydrogen (secondary N) is 1. The second-order valence-electron chi connectivity index (χ2n) is 4.03. The summed E-state index contributed by atoms with van der Waals surface area (Å²) in [5.74, 6) is 0. The van der Waals surface area contributed by atoms with E-state index in [2.05, 4.69) is 34.6 Å². The Hall–Kier alpha value is -1.39. The molecule has 1 aromatic heterocycles. The molecule has 2 aromatic rings. The van der Waals surface area contributed by atoms with Crippen LogP contribution in [0.2, 0.25) is 0 Å². The van der Waals surface area contributed by atoms with Crippen LogP contribution in [0.5, 0.6) is 0 Å². The fourth-order valence-corrected chi connectivity index (χ4v) is 2.82. The first-order chi connectivity index (χ1) is 8.42. The van der Waals surface area contributed by atoms with E-state index in [9.17, 15) is 0 Å². The molecule has 17 heavy (non-hydrogen) atoms. The van der Waals surface area contributed by atoms with Crippen LogP contribution in [0.4, 0.5) is 5.13 Å². The summed E-state index contributed by atoms with van der Waals surface area (Å²) in [7, 11) is 0. The van der Waals surface area contributed by atoms with E-state index >= 15 is 0 Å². The minimum absolute atomic E-state index is 0.722. The van der Waals surface area contributed by atoms with Crippen LogP contribution in [0.15, 0.2) is 30.3 Å². The van der Waals surface area contributed by atoms with Crippen molar-refractivity contribution in [2.75, 3.05) is 11.9 Å². The van der Waals surface area contributed by atoms with E-state index in [0.29, 0.717) is 0 Å². The van der Waals surface area contributed by atoms with Crippen LogP contribution in [0.1, 0.15) is 16.1 Å². The molecule has 3 rings (SSSR count). The first kappa shape index (κ1) is 10.7. The van der Waals surface area contributed by atoms with E-state index in [1.54, 1.807) is 11.3 Å². The highest BCUT2D eigenvalue weighted by Crippen LogP contribution is 2.27. The number of hydrogen-bond donors (Lipinski definition) is 1. The first-order valence-electron chi connectivity index (χ1n) is 5.76. The number of rotatable bonds is 3. The second-order valence-corrected chi connectivity index (χ2v) is 5.11. The van der Waals surface area contributed by atoms with Crippen molar-refractivity contribution in [3.8, 4) is 0 Å². The fourth-order valence-electron chi connectivity index (χ4n) is 1.87. The summed E-state index contributed by atoms with van der Waals surface area (Å²) in [6.45, 7) is 2.35. The third-order valence-corrected chi connectivity index (χ3v) is 3.81. The molecular weight excluding hydrogens is 232 g/mol. The van der Waals surface area contributed by atoms with Crippen LogP contribution in [0, 0.1) is 0 Å². The second kappa shape index (κ2) is 4.85. The van der Waals surface area contributed by atoms with Crippen LogP contribution in [-0.2, 0) is 24.3 Å². The van der Waals surface area contributed by atoms with Crippen molar-refractivity contribution in [1.82, 2.24) is 4.98 Å². The number of thiazole rings is 1. The van der Waals surface area contributed by atoms with Gasteiger partial charge >= 0.3 is 0 Å². The lowest BCUT2D eigenvalue weighted by molar-refractivity contribution is 0.112. The molecule has 0 bridgehead atoms. The standard InChI is InChI=1S/C13H14N2OS/c1-2-4-10(5-3-1)8-14-13-15-11-6-7-16-9-12(11)17-13/h1-5H,6-9H2,(H,14,15). The van der Waals surface area contributed by atoms with Crippen molar-refractivity contribution < 1.29 is 4.74 Å². The average molecular weight is 246 g/mol. The number of ether oxygens (including phenoxy) is 1. The van der Waals surface area contributed by atoms with Crippen LogP contribution < -0.4 is 5.32 Å². The maximum atomic E-state index is 5.41. The highest BCUT2D eigenvalue weighted by atomic mass is 32.1. The van der Waals surface area contributed by atoms with Crippen molar-refractivity contribution in [3.05, 3.63) is 46.5 Å². The molecule has 0 radical (unpaired) electrons. The van der Waals surface area contributed by atoms with Gasteiger partial charge in [-0.2, -0.15) is 0 Å². The quantitative estimate of drug-likeness (QED) is 0.904. The smallest absolute Gasteiger partial charge is 0.183 e. The molecule has 0 amide bonds. The minimum Gasteiger partial charge on any atom is -0.375 e. The lowest BCUT2D eigenvalue weighted by atomic mass is 10.2. The van der Waals surface area contributed by atoms with Gasteiger partial charge in [0.25, 0.3) is 0 Å². The Kier molecular flexibility index (Phi) is 3.07. The molecule has 0 aliphatic carbocycles. The van der Waals surface area contributed by atoms with Crippen molar-refractivity contribution in [2.45, 2.75) is 19.6 Å². The zero-order valence-electron chi connectivity index (χ0n) is 9.48. The molecular formula is C13H14N2OS. The topological polar surface area (TPSA) is 34.2 Å². The molecule has 0 saturated carbocycles. The summed E-state index contributed by atoms with van der Waals surface area (Å²) in [5, 5.41) is 4.37. The zero-order valence-corrected chi connectivity index (χ0v) is 10.3. The molecule has 3 nitrogen and oxygen atoms in total. The van der Waals surface area contributed by atoms with E-state index in [0.717, 1.165) is 31.3 Å². The average Bonchev–Trinajstić information content (AvgIpc) is 2.80. The minimum atomic E-state index is 0.722. The summed E-state index contributed by atoms with van der Waals surface area (Å²) in [4.78, 5) is 5.86. The van der Waals surface area contributed by atoms with Gasteiger partial charge in [-0.1, -0.05) is 41.7 Å². The van der Waals surface area contributed by atoms with Crippen LogP contribution in [0.3, 0.4) is 0 Å². The molecule has 1 aromatic carbocycles. The number of fused-ring (bicyclic) bond motifs is 1. The van der Waals surface area contributed by atoms with Crippen molar-refractivity contribution in [2.24, 2.45) is 0 Å². The molecule has 88 valence electrons. The van der Waals surface area contributed by atoms with Gasteiger partial charge in [0, 0.05) is 13.0 Å². The summed E-state index contributed by atoms with van der Waals surface area (Å²) in [6, 6.07) is 10.4. The maximum absolute atomic E-state index is 5.41. The predicted molar refractivity (Wildman–Crippen MR) is 69.2 cm³/mol. The lowest BCUT2D eigenvalue weighted by Gasteiger charge is -2.08. The van der Waals surface area contributed by atoms with Gasteiger partial charge < -0.3 is 10.1 Å². The Morgan fingerprint density at radius 1 is 1.29 bits per heavy atom. The van der Waals surface area contributed by atoms with Crippen molar-refractivity contribution in [1.29, 1.82) is 0 Å². The summed E-state index contributed by atoms with van der Waals surface area (Å²) < 4.78 is 5.41. The zero-order chi connectivity index (χ0) is 11.5. The Labute approximate surface area is 104 Å². The third-order valence-electron chi connectivity index (χ3n) is 2.78. The number of anilines is 1.